The molecule has 0 radical (unpaired) electrons. The van der Waals surface area contributed by atoms with Crippen molar-refractivity contribution in [2.45, 2.75) is 118 Å². The zero-order valence-electron chi connectivity index (χ0n) is 27.5. The molecule has 1 saturated heterocycles. The Bertz CT molecular complexity index is 1440. The van der Waals surface area contributed by atoms with Crippen LogP contribution in [0.2, 0.25) is 0 Å². The molecule has 0 unspecified atom stereocenters. The number of halogens is 17. The van der Waals surface area contributed by atoms with Gasteiger partial charge in [0.2, 0.25) is 0 Å². The van der Waals surface area contributed by atoms with E-state index in [1.807, 2.05) is 0 Å². The van der Waals surface area contributed by atoms with E-state index in [-0.39, 0.29) is 17.7 Å². The molecule has 312 valence electrons. The predicted octanol–water partition coefficient (Wildman–Crippen LogP) is 7.13. The van der Waals surface area contributed by atoms with Gasteiger partial charge in [-0.3, -0.25) is 9.59 Å². The number of hydrogen-bond acceptors (Lipinski definition) is 8. The topological polar surface area (TPSA) is 101 Å². The van der Waals surface area contributed by atoms with Crippen molar-refractivity contribution in [3.8, 4) is 0 Å². The third kappa shape index (κ3) is 8.77. The van der Waals surface area contributed by atoms with Gasteiger partial charge >= 0.3 is 59.6 Å². The average molecular weight is 829 g/mol. The van der Waals surface area contributed by atoms with Crippen LogP contribution in [-0.2, 0) is 46.3 Å². The van der Waals surface area contributed by atoms with E-state index in [0.717, 1.165) is 33.1 Å². The summed E-state index contributed by atoms with van der Waals surface area (Å²) in [6, 6.07) is 4.69. The normalized spacial score (nSPS) is 22.6. The molecule has 2 rings (SSSR count). The van der Waals surface area contributed by atoms with E-state index in [1.165, 1.54) is 12.1 Å². The quantitative estimate of drug-likeness (QED) is 0.131. The van der Waals surface area contributed by atoms with E-state index in [9.17, 15) is 89.3 Å². The van der Waals surface area contributed by atoms with Crippen LogP contribution in [0.25, 0.3) is 0 Å². The first-order chi connectivity index (χ1) is 24.2. The average Bonchev–Trinajstić information content (AvgIpc) is 3.03. The zero-order valence-corrected chi connectivity index (χ0v) is 27.5. The Morgan fingerprint density at radius 2 is 1.09 bits per heavy atom. The number of aryl methyl sites for hydroxylation is 1. The Hall–Kier alpha value is -3.19. The van der Waals surface area contributed by atoms with Crippen molar-refractivity contribution in [2.75, 3.05) is 13.7 Å². The second kappa shape index (κ2) is 16.1. The number of benzene rings is 1. The summed E-state index contributed by atoms with van der Waals surface area (Å²) in [5, 5.41) is 10.7. The van der Waals surface area contributed by atoms with Gasteiger partial charge in [0.1, 0.15) is 12.2 Å². The molecule has 0 aliphatic carbocycles. The number of hydrogen-bond donors (Lipinski definition) is 1. The van der Waals surface area contributed by atoms with Crippen molar-refractivity contribution in [3.63, 3.8) is 0 Å². The smallest absolute Gasteiger partial charge is 0.455 e. The van der Waals surface area contributed by atoms with Crippen LogP contribution in [0.5, 0.6) is 0 Å². The van der Waals surface area contributed by atoms with Crippen molar-refractivity contribution in [1.82, 2.24) is 0 Å². The van der Waals surface area contributed by atoms with Gasteiger partial charge in [-0.1, -0.05) is 24.3 Å². The third-order valence-electron chi connectivity index (χ3n) is 7.77. The first kappa shape index (κ1) is 47.0. The van der Waals surface area contributed by atoms with Crippen molar-refractivity contribution in [1.29, 1.82) is 0 Å². The molecule has 0 aromatic heterocycles. The molecule has 1 aromatic rings. The Balaban J connectivity index is 2.09. The lowest BCUT2D eigenvalue weighted by atomic mass is 9.87. The fraction of sp³-hybridized carbons (Fsp3) is 0.724. The number of carbonyl (C=O) groups excluding carboxylic acids is 2. The largest absolute Gasteiger partial charge is 0.460 e. The van der Waals surface area contributed by atoms with Crippen molar-refractivity contribution >= 4 is 11.9 Å². The number of aliphatic hydroxyl groups is 1. The lowest BCUT2D eigenvalue weighted by molar-refractivity contribution is -0.461. The molecule has 1 aromatic carbocycles. The number of methoxy groups -OCH3 is 1. The van der Waals surface area contributed by atoms with Crippen molar-refractivity contribution in [3.05, 3.63) is 35.4 Å². The highest BCUT2D eigenvalue weighted by atomic mass is 19.4. The second-order valence-electron chi connectivity index (χ2n) is 11.8. The van der Waals surface area contributed by atoms with Gasteiger partial charge in [-0.05, 0) is 24.0 Å². The summed E-state index contributed by atoms with van der Waals surface area (Å²) in [6.07, 6.45) is -19.5. The number of alkyl halides is 17. The molecule has 54 heavy (non-hydrogen) atoms. The maximum atomic E-state index is 14.2. The van der Waals surface area contributed by atoms with Crippen LogP contribution in [0, 0.1) is 0 Å². The Morgan fingerprint density at radius 3 is 1.54 bits per heavy atom. The van der Waals surface area contributed by atoms with Gasteiger partial charge in [0, 0.05) is 27.4 Å². The molecule has 0 amide bonds. The maximum Gasteiger partial charge on any atom is 0.460 e. The summed E-state index contributed by atoms with van der Waals surface area (Å²) in [4.78, 5) is 23.0. The van der Waals surface area contributed by atoms with Gasteiger partial charge in [0.05, 0.1) is 13.2 Å². The molecular formula is C29H29F17O8. The van der Waals surface area contributed by atoms with Gasteiger partial charge in [0.15, 0.2) is 18.5 Å². The number of aliphatic hydroxyl groups excluding tert-OH is 1. The van der Waals surface area contributed by atoms with E-state index >= 15 is 0 Å². The molecule has 1 aliphatic rings. The highest BCUT2D eigenvalue weighted by molar-refractivity contribution is 5.67. The van der Waals surface area contributed by atoms with Crippen LogP contribution in [0.1, 0.15) is 37.8 Å². The van der Waals surface area contributed by atoms with Crippen LogP contribution >= 0.6 is 0 Å². The number of carbonyl (C=O) groups is 2. The van der Waals surface area contributed by atoms with E-state index in [1.54, 1.807) is 0 Å². The minimum Gasteiger partial charge on any atom is -0.455 e. The number of rotatable bonds is 17. The predicted molar refractivity (Wildman–Crippen MR) is 143 cm³/mol. The summed E-state index contributed by atoms with van der Waals surface area (Å²) < 4.78 is 255. The first-order valence-electron chi connectivity index (χ1n) is 14.8. The Morgan fingerprint density at radius 1 is 0.667 bits per heavy atom. The molecule has 0 spiro atoms. The summed E-state index contributed by atoms with van der Waals surface area (Å²) in [6.45, 7) is 1.32. The fourth-order valence-corrected chi connectivity index (χ4v) is 4.82. The van der Waals surface area contributed by atoms with Crippen LogP contribution in [0.15, 0.2) is 24.3 Å². The minimum atomic E-state index is -8.68. The van der Waals surface area contributed by atoms with E-state index in [4.69, 9.17) is 23.7 Å². The maximum absolute atomic E-state index is 14.2. The number of esters is 2. The van der Waals surface area contributed by atoms with Gasteiger partial charge < -0.3 is 28.8 Å². The standard InChI is InChI=1S/C29H29F17O8/c1-13(47)52-19-18(49)17(54-21(50-3)20(19)53-14(2)48)12-51-11-16-8-6-15(7-9-16)5-4-10-22(30,31)23(32,33)24(34,35)25(36,37)26(38,39)27(40,41)28(42,43)29(44,45)46/h6-9,17-21,49H,4-5,10-12H2,1-3H3/t17-,18-,19+,20-,21+/m1/s1. The molecule has 5 atom stereocenters. The highest BCUT2D eigenvalue weighted by Gasteiger charge is 2.95. The van der Waals surface area contributed by atoms with Gasteiger partial charge in [-0.15, -0.1) is 0 Å². The first-order valence-corrected chi connectivity index (χ1v) is 14.8. The molecular weight excluding hydrogens is 799 g/mol. The van der Waals surface area contributed by atoms with Gasteiger partial charge in [-0.25, -0.2) is 0 Å². The molecule has 0 saturated carbocycles. The molecule has 1 aliphatic heterocycles. The molecule has 25 heteroatoms. The Labute approximate surface area is 292 Å². The fourth-order valence-electron chi connectivity index (χ4n) is 4.82. The summed E-state index contributed by atoms with van der Waals surface area (Å²) in [7, 11) is 1.15. The van der Waals surface area contributed by atoms with Crippen molar-refractivity contribution in [2.24, 2.45) is 0 Å². The van der Waals surface area contributed by atoms with Crippen molar-refractivity contribution < 1.29 is 113 Å². The molecule has 1 N–H and O–H groups in total. The van der Waals surface area contributed by atoms with E-state index < -0.39 is 116 Å². The lowest BCUT2D eigenvalue weighted by Crippen LogP contribution is -2.74. The SMILES string of the molecule is CO[C@H]1O[C@H](COCc2ccc(CCCC(F)(F)C(F)(F)C(F)(F)C(F)(F)C(F)(F)C(F)(F)C(F)(F)C(F)(F)F)cc2)[C@@H](O)[C@H](OC(C)=O)[C@H]1OC(C)=O. The summed E-state index contributed by atoms with van der Waals surface area (Å²) in [5.41, 5.74) is 0.249. The Kier molecular flexibility index (Phi) is 14.0. The van der Waals surface area contributed by atoms with Crippen LogP contribution in [0.4, 0.5) is 74.6 Å². The van der Waals surface area contributed by atoms with E-state index in [2.05, 4.69) is 0 Å². The third-order valence-corrected chi connectivity index (χ3v) is 7.77. The molecule has 8 nitrogen and oxygen atoms in total. The van der Waals surface area contributed by atoms with Crippen LogP contribution in [-0.4, -0.2) is 109 Å². The van der Waals surface area contributed by atoms with Crippen LogP contribution in [0.3, 0.4) is 0 Å². The second-order valence-corrected chi connectivity index (χ2v) is 11.8. The highest BCUT2D eigenvalue weighted by Crippen LogP contribution is 2.64. The summed E-state index contributed by atoms with van der Waals surface area (Å²) in [5.74, 6) is -58.3. The van der Waals surface area contributed by atoms with Gasteiger partial charge in [-0.2, -0.15) is 74.6 Å². The monoisotopic (exact) mass is 828 g/mol. The minimum absolute atomic E-state index is 0.0368. The summed E-state index contributed by atoms with van der Waals surface area (Å²) >= 11 is 0. The molecule has 1 heterocycles. The molecule has 0 bridgehead atoms. The van der Waals surface area contributed by atoms with Gasteiger partial charge in [0.25, 0.3) is 0 Å². The molecule has 1 fully saturated rings. The van der Waals surface area contributed by atoms with E-state index in [0.29, 0.717) is 0 Å². The number of ether oxygens (including phenoxy) is 5. The lowest BCUT2D eigenvalue weighted by Gasteiger charge is -2.42. The van der Waals surface area contributed by atoms with Crippen LogP contribution < -0.4 is 0 Å². The zero-order chi connectivity index (χ0) is 42.1.